The molecule has 1 fully saturated rings. The van der Waals surface area contributed by atoms with Gasteiger partial charge in [-0.05, 0) is 25.0 Å². The van der Waals surface area contributed by atoms with Crippen LogP contribution in [0.2, 0.25) is 0 Å². The fourth-order valence-corrected chi connectivity index (χ4v) is 3.20. The smallest absolute Gasteiger partial charge is 0.301 e. The average molecular weight is 273 g/mol. The van der Waals surface area contributed by atoms with Gasteiger partial charge in [0.25, 0.3) is 0 Å². The molecular weight excluding hydrogens is 257 g/mol. The molecule has 0 spiro atoms. The van der Waals surface area contributed by atoms with Crippen molar-refractivity contribution < 1.29 is 12.8 Å². The Hall–Kier alpha value is -1.34. The summed E-state index contributed by atoms with van der Waals surface area (Å²) in [5, 5.41) is 0. The van der Waals surface area contributed by atoms with Gasteiger partial charge >= 0.3 is 10.2 Å². The molecule has 5 nitrogen and oxygen atoms in total. The van der Waals surface area contributed by atoms with Crippen LogP contribution in [0.5, 0.6) is 0 Å². The number of benzene rings is 1. The second-order valence-electron chi connectivity index (χ2n) is 4.30. The molecule has 1 aromatic carbocycles. The number of nitrogen functional groups attached to an aromatic ring is 1. The molecule has 0 aromatic heterocycles. The third-order valence-electron chi connectivity index (χ3n) is 2.90. The maximum Gasteiger partial charge on any atom is 0.301 e. The summed E-state index contributed by atoms with van der Waals surface area (Å²) in [7, 11) is -3.59. The van der Waals surface area contributed by atoms with Crippen LogP contribution in [-0.2, 0) is 10.2 Å². The number of hydrogen-bond acceptors (Lipinski definition) is 3. The molecule has 3 N–H and O–H groups in total. The molecule has 0 unspecified atom stereocenters. The van der Waals surface area contributed by atoms with Crippen molar-refractivity contribution in [1.82, 2.24) is 4.31 Å². The summed E-state index contributed by atoms with van der Waals surface area (Å²) in [5.41, 5.74) is 5.52. The van der Waals surface area contributed by atoms with Crippen LogP contribution in [0.4, 0.5) is 15.8 Å². The van der Waals surface area contributed by atoms with Gasteiger partial charge in [-0.25, -0.2) is 4.39 Å². The summed E-state index contributed by atoms with van der Waals surface area (Å²) in [6, 6.07) is 3.86. The van der Waals surface area contributed by atoms with E-state index in [0.717, 1.165) is 25.3 Å². The first-order valence-electron chi connectivity index (χ1n) is 5.82. The summed E-state index contributed by atoms with van der Waals surface area (Å²) in [5.74, 6) is -0.631. The maximum absolute atomic E-state index is 13.2. The Bertz CT molecular complexity index is 527. The van der Waals surface area contributed by atoms with E-state index in [0.29, 0.717) is 13.1 Å². The minimum Gasteiger partial charge on any atom is -0.396 e. The molecule has 0 aliphatic carbocycles. The van der Waals surface area contributed by atoms with Crippen LogP contribution in [0.25, 0.3) is 0 Å². The van der Waals surface area contributed by atoms with Gasteiger partial charge in [0.05, 0.1) is 11.4 Å². The molecule has 0 radical (unpaired) electrons. The summed E-state index contributed by atoms with van der Waals surface area (Å²) in [6.07, 6.45) is 2.76. The SMILES string of the molecule is Nc1ccc(NS(=O)(=O)N2CCCCC2)cc1F. The lowest BCUT2D eigenvalue weighted by molar-refractivity contribution is 0.349. The molecule has 0 saturated carbocycles. The molecule has 7 heteroatoms. The van der Waals surface area contributed by atoms with Gasteiger partial charge in [-0.15, -0.1) is 0 Å². The molecule has 0 amide bonds. The lowest BCUT2D eigenvalue weighted by atomic mass is 10.2. The predicted octanol–water partition coefficient (Wildman–Crippen LogP) is 1.55. The molecule has 1 aliphatic rings. The molecule has 1 saturated heterocycles. The Morgan fingerprint density at radius 3 is 2.50 bits per heavy atom. The van der Waals surface area contributed by atoms with Crippen molar-refractivity contribution >= 4 is 21.6 Å². The van der Waals surface area contributed by atoms with Gasteiger partial charge in [0.15, 0.2) is 0 Å². The molecule has 2 rings (SSSR count). The second kappa shape index (κ2) is 5.11. The first kappa shape index (κ1) is 13.1. The molecule has 0 bridgehead atoms. The van der Waals surface area contributed by atoms with Gasteiger partial charge in [-0.2, -0.15) is 12.7 Å². The van der Waals surface area contributed by atoms with E-state index < -0.39 is 16.0 Å². The van der Waals surface area contributed by atoms with Crippen LogP contribution in [0.3, 0.4) is 0 Å². The van der Waals surface area contributed by atoms with E-state index in [-0.39, 0.29) is 11.4 Å². The zero-order chi connectivity index (χ0) is 13.2. The fraction of sp³-hybridized carbons (Fsp3) is 0.455. The van der Waals surface area contributed by atoms with Crippen LogP contribution < -0.4 is 10.5 Å². The third kappa shape index (κ3) is 2.91. The zero-order valence-corrected chi connectivity index (χ0v) is 10.7. The molecule has 1 heterocycles. The van der Waals surface area contributed by atoms with E-state index in [1.807, 2.05) is 0 Å². The fourth-order valence-electron chi connectivity index (χ4n) is 1.91. The molecule has 0 atom stereocenters. The van der Waals surface area contributed by atoms with E-state index in [1.54, 1.807) is 0 Å². The van der Waals surface area contributed by atoms with Gasteiger partial charge in [-0.3, -0.25) is 4.72 Å². The van der Waals surface area contributed by atoms with Crippen molar-refractivity contribution in [2.24, 2.45) is 0 Å². The first-order chi connectivity index (χ1) is 8.49. The Morgan fingerprint density at radius 2 is 1.89 bits per heavy atom. The molecular formula is C11H16FN3O2S. The monoisotopic (exact) mass is 273 g/mol. The molecule has 1 aromatic rings. The Labute approximate surface area is 106 Å². The van der Waals surface area contributed by atoms with E-state index in [9.17, 15) is 12.8 Å². The average Bonchev–Trinajstić information content (AvgIpc) is 2.35. The topological polar surface area (TPSA) is 75.4 Å². The van der Waals surface area contributed by atoms with E-state index >= 15 is 0 Å². The predicted molar refractivity (Wildman–Crippen MR) is 68.8 cm³/mol. The number of nitrogens with zero attached hydrogens (tertiary/aromatic N) is 1. The van der Waals surface area contributed by atoms with Crippen LogP contribution in [0, 0.1) is 5.82 Å². The number of anilines is 2. The van der Waals surface area contributed by atoms with Gasteiger partial charge in [-0.1, -0.05) is 6.42 Å². The third-order valence-corrected chi connectivity index (χ3v) is 4.44. The van der Waals surface area contributed by atoms with Crippen molar-refractivity contribution in [2.75, 3.05) is 23.5 Å². The number of halogens is 1. The van der Waals surface area contributed by atoms with Gasteiger partial charge in [0.2, 0.25) is 0 Å². The van der Waals surface area contributed by atoms with Crippen LogP contribution in [0.1, 0.15) is 19.3 Å². The van der Waals surface area contributed by atoms with Crippen molar-refractivity contribution in [1.29, 1.82) is 0 Å². The highest BCUT2D eigenvalue weighted by Crippen LogP contribution is 2.19. The van der Waals surface area contributed by atoms with Crippen molar-refractivity contribution in [3.05, 3.63) is 24.0 Å². The van der Waals surface area contributed by atoms with Crippen molar-refractivity contribution in [3.63, 3.8) is 0 Å². The normalized spacial score (nSPS) is 17.6. The lowest BCUT2D eigenvalue weighted by Gasteiger charge is -2.26. The minimum atomic E-state index is -3.59. The zero-order valence-electron chi connectivity index (χ0n) is 9.89. The highest BCUT2D eigenvalue weighted by atomic mass is 32.2. The summed E-state index contributed by atoms with van der Waals surface area (Å²) < 4.78 is 41.0. The Kier molecular flexibility index (Phi) is 3.72. The Balaban J connectivity index is 2.13. The van der Waals surface area contributed by atoms with Gasteiger partial charge < -0.3 is 5.73 Å². The molecule has 1 aliphatic heterocycles. The number of rotatable bonds is 3. The number of nitrogens with two attached hydrogens (primary N) is 1. The number of piperidine rings is 1. The van der Waals surface area contributed by atoms with Gasteiger partial charge in [0, 0.05) is 19.2 Å². The standard InChI is InChI=1S/C11H16FN3O2S/c12-10-8-9(4-5-11(10)13)14-18(16,17)15-6-2-1-3-7-15/h4-5,8,14H,1-3,6-7,13H2. The van der Waals surface area contributed by atoms with Crippen molar-refractivity contribution in [2.45, 2.75) is 19.3 Å². The Morgan fingerprint density at radius 1 is 1.22 bits per heavy atom. The van der Waals surface area contributed by atoms with E-state index in [4.69, 9.17) is 5.73 Å². The maximum atomic E-state index is 13.2. The van der Waals surface area contributed by atoms with Gasteiger partial charge in [0.1, 0.15) is 5.82 Å². The minimum absolute atomic E-state index is 0.00378. The first-order valence-corrected chi connectivity index (χ1v) is 7.26. The summed E-state index contributed by atoms with van der Waals surface area (Å²) in [6.45, 7) is 1.01. The highest BCUT2D eigenvalue weighted by molar-refractivity contribution is 7.90. The van der Waals surface area contributed by atoms with Crippen LogP contribution >= 0.6 is 0 Å². The van der Waals surface area contributed by atoms with Crippen LogP contribution in [0.15, 0.2) is 18.2 Å². The van der Waals surface area contributed by atoms with Crippen LogP contribution in [-0.4, -0.2) is 25.8 Å². The molecule has 18 heavy (non-hydrogen) atoms. The second-order valence-corrected chi connectivity index (χ2v) is 5.97. The van der Waals surface area contributed by atoms with E-state index in [1.165, 1.54) is 16.4 Å². The number of hydrogen-bond donors (Lipinski definition) is 2. The molecule has 100 valence electrons. The lowest BCUT2D eigenvalue weighted by Crippen LogP contribution is -2.39. The van der Waals surface area contributed by atoms with E-state index in [2.05, 4.69) is 4.72 Å². The number of nitrogens with one attached hydrogen (secondary N) is 1. The summed E-state index contributed by atoms with van der Waals surface area (Å²) in [4.78, 5) is 0. The largest absolute Gasteiger partial charge is 0.396 e. The highest BCUT2D eigenvalue weighted by Gasteiger charge is 2.23. The van der Waals surface area contributed by atoms with Crippen molar-refractivity contribution in [3.8, 4) is 0 Å². The quantitative estimate of drug-likeness (QED) is 0.820. The summed E-state index contributed by atoms with van der Waals surface area (Å²) >= 11 is 0.